The minimum Gasteiger partial charge on any atom is -0.495 e. The number of ether oxygens (including phenoxy) is 1. The van der Waals surface area contributed by atoms with E-state index in [1.54, 1.807) is 7.05 Å². The van der Waals surface area contributed by atoms with Gasteiger partial charge in [0.2, 0.25) is 5.91 Å². The Hall–Kier alpha value is -2.16. The molecule has 128 valence electrons. The number of nitrogens with zero attached hydrogens (tertiary/aromatic N) is 2. The molecule has 0 aliphatic rings. The third kappa shape index (κ3) is 4.92. The molecule has 0 saturated heterocycles. The van der Waals surface area contributed by atoms with Crippen molar-refractivity contribution in [2.45, 2.75) is 6.54 Å². The van der Waals surface area contributed by atoms with Crippen molar-refractivity contribution in [3.05, 3.63) is 49.7 Å². The lowest BCUT2D eigenvalue weighted by Gasteiger charge is -2.16. The van der Waals surface area contributed by atoms with E-state index in [1.165, 1.54) is 36.6 Å². The van der Waals surface area contributed by atoms with Crippen LogP contribution in [-0.2, 0) is 11.3 Å². The fourth-order valence-corrected chi connectivity index (χ4v) is 3.27. The van der Waals surface area contributed by atoms with Crippen molar-refractivity contribution in [3.63, 3.8) is 0 Å². The average Bonchev–Trinajstić information content (AvgIpc) is 2.91. The zero-order valence-electron chi connectivity index (χ0n) is 13.1. The van der Waals surface area contributed by atoms with Gasteiger partial charge in [-0.1, -0.05) is 11.6 Å². The van der Waals surface area contributed by atoms with E-state index in [-0.39, 0.29) is 23.8 Å². The Bertz CT molecular complexity index is 750. The number of likely N-dealkylation sites (N-methyl/N-ethyl adjacent to an activating group) is 1. The first kappa shape index (κ1) is 18.2. The summed E-state index contributed by atoms with van der Waals surface area (Å²) in [6.07, 6.45) is 0. The number of carbonyl (C=O) groups excluding carboxylic acids is 1. The van der Waals surface area contributed by atoms with Crippen molar-refractivity contribution in [1.29, 1.82) is 0 Å². The van der Waals surface area contributed by atoms with Crippen molar-refractivity contribution in [1.82, 2.24) is 4.90 Å². The number of benzene rings is 1. The third-order valence-corrected chi connectivity index (χ3v) is 4.35. The number of hydrogen-bond acceptors (Lipinski definition) is 6. The molecular weight excluding hydrogens is 354 g/mol. The van der Waals surface area contributed by atoms with Crippen molar-refractivity contribution >= 4 is 40.2 Å². The molecule has 2 rings (SSSR count). The van der Waals surface area contributed by atoms with Crippen LogP contribution in [0.25, 0.3) is 0 Å². The molecule has 1 amide bonds. The highest BCUT2D eigenvalue weighted by Crippen LogP contribution is 2.29. The van der Waals surface area contributed by atoms with Gasteiger partial charge in [0.15, 0.2) is 0 Å². The number of methoxy groups -OCH3 is 1. The van der Waals surface area contributed by atoms with E-state index in [9.17, 15) is 14.9 Å². The minimum absolute atomic E-state index is 0.118. The zero-order chi connectivity index (χ0) is 17.7. The molecule has 24 heavy (non-hydrogen) atoms. The minimum atomic E-state index is -0.526. The first-order valence-electron chi connectivity index (χ1n) is 6.94. The van der Waals surface area contributed by atoms with Gasteiger partial charge in [-0.3, -0.25) is 19.8 Å². The van der Waals surface area contributed by atoms with E-state index in [4.69, 9.17) is 16.3 Å². The SMILES string of the molecule is COc1ccc([N+](=O)[O-])cc1NC(=O)CN(C)Cc1ccc(Cl)s1. The molecule has 0 spiro atoms. The number of thiophene rings is 1. The van der Waals surface area contributed by atoms with Gasteiger partial charge in [-0.15, -0.1) is 11.3 Å². The van der Waals surface area contributed by atoms with Gasteiger partial charge >= 0.3 is 0 Å². The van der Waals surface area contributed by atoms with Gasteiger partial charge in [0.25, 0.3) is 5.69 Å². The molecule has 1 heterocycles. The number of rotatable bonds is 7. The fourth-order valence-electron chi connectivity index (χ4n) is 2.10. The Kier molecular flexibility index (Phi) is 6.13. The summed E-state index contributed by atoms with van der Waals surface area (Å²) in [5.41, 5.74) is 0.150. The monoisotopic (exact) mass is 369 g/mol. The normalized spacial score (nSPS) is 10.7. The summed E-state index contributed by atoms with van der Waals surface area (Å²) in [4.78, 5) is 25.4. The molecule has 1 aromatic heterocycles. The van der Waals surface area contributed by atoms with E-state index < -0.39 is 4.92 Å². The van der Waals surface area contributed by atoms with Crippen LogP contribution in [0.4, 0.5) is 11.4 Å². The molecule has 1 N–H and O–H groups in total. The summed E-state index contributed by atoms with van der Waals surface area (Å²) in [7, 11) is 3.24. The maximum absolute atomic E-state index is 12.2. The van der Waals surface area contributed by atoms with Crippen LogP contribution in [0, 0.1) is 10.1 Å². The number of amides is 1. The van der Waals surface area contributed by atoms with Crippen molar-refractivity contribution in [2.24, 2.45) is 0 Å². The predicted octanol–water partition coefficient (Wildman–Crippen LogP) is 3.39. The van der Waals surface area contributed by atoms with Crippen LogP contribution in [-0.4, -0.2) is 36.4 Å². The van der Waals surface area contributed by atoms with Crippen molar-refractivity contribution < 1.29 is 14.5 Å². The average molecular weight is 370 g/mol. The first-order chi connectivity index (χ1) is 11.4. The number of nitro groups is 1. The molecule has 0 aliphatic heterocycles. The summed E-state index contributed by atoms with van der Waals surface area (Å²) < 4.78 is 5.82. The highest BCUT2D eigenvalue weighted by atomic mass is 35.5. The molecule has 0 atom stereocenters. The molecule has 1 aromatic carbocycles. The Labute approximate surface area is 147 Å². The molecule has 0 fully saturated rings. The molecule has 0 saturated carbocycles. The third-order valence-electron chi connectivity index (χ3n) is 3.14. The molecule has 0 aliphatic carbocycles. The van der Waals surface area contributed by atoms with Gasteiger partial charge in [-0.05, 0) is 25.2 Å². The highest BCUT2D eigenvalue weighted by Gasteiger charge is 2.15. The van der Waals surface area contributed by atoms with E-state index in [2.05, 4.69) is 5.32 Å². The molecule has 0 radical (unpaired) electrons. The van der Waals surface area contributed by atoms with E-state index in [0.717, 1.165) is 4.88 Å². The Morgan fingerprint density at radius 2 is 2.17 bits per heavy atom. The van der Waals surface area contributed by atoms with Gasteiger partial charge in [0.1, 0.15) is 5.75 Å². The lowest BCUT2D eigenvalue weighted by Crippen LogP contribution is -2.29. The smallest absolute Gasteiger partial charge is 0.271 e. The number of non-ortho nitro benzene ring substituents is 1. The van der Waals surface area contributed by atoms with Crippen LogP contribution in [0.2, 0.25) is 4.34 Å². The second kappa shape index (κ2) is 8.09. The van der Waals surface area contributed by atoms with Gasteiger partial charge < -0.3 is 10.1 Å². The van der Waals surface area contributed by atoms with Gasteiger partial charge in [-0.25, -0.2) is 0 Å². The second-order valence-electron chi connectivity index (χ2n) is 5.07. The van der Waals surface area contributed by atoms with Crippen LogP contribution >= 0.6 is 22.9 Å². The first-order valence-corrected chi connectivity index (χ1v) is 8.13. The largest absolute Gasteiger partial charge is 0.495 e. The number of nitro benzene ring substituents is 1. The van der Waals surface area contributed by atoms with Gasteiger partial charge in [0, 0.05) is 23.6 Å². The van der Waals surface area contributed by atoms with Crippen LogP contribution in [0.1, 0.15) is 4.88 Å². The summed E-state index contributed by atoms with van der Waals surface area (Å²) in [5, 5.41) is 13.5. The second-order valence-corrected chi connectivity index (χ2v) is 6.87. The fraction of sp³-hybridized carbons (Fsp3) is 0.267. The van der Waals surface area contributed by atoms with Gasteiger partial charge in [0.05, 0.1) is 28.6 Å². The molecule has 2 aromatic rings. The molecular formula is C15H16ClN3O4S. The van der Waals surface area contributed by atoms with Crippen LogP contribution in [0.3, 0.4) is 0 Å². The molecule has 0 unspecified atom stereocenters. The molecule has 7 nitrogen and oxygen atoms in total. The Balaban J connectivity index is 2.00. The predicted molar refractivity (Wildman–Crippen MR) is 93.9 cm³/mol. The van der Waals surface area contributed by atoms with Crippen LogP contribution in [0.5, 0.6) is 5.75 Å². The lowest BCUT2D eigenvalue weighted by molar-refractivity contribution is -0.384. The number of halogens is 1. The number of nitrogens with one attached hydrogen (secondary N) is 1. The lowest BCUT2D eigenvalue weighted by atomic mass is 10.2. The number of carbonyl (C=O) groups is 1. The van der Waals surface area contributed by atoms with Crippen molar-refractivity contribution in [3.8, 4) is 5.75 Å². The van der Waals surface area contributed by atoms with Gasteiger partial charge in [-0.2, -0.15) is 0 Å². The highest BCUT2D eigenvalue weighted by molar-refractivity contribution is 7.16. The van der Waals surface area contributed by atoms with Crippen LogP contribution in [0.15, 0.2) is 30.3 Å². The van der Waals surface area contributed by atoms with Crippen LogP contribution < -0.4 is 10.1 Å². The Morgan fingerprint density at radius 3 is 2.75 bits per heavy atom. The van der Waals surface area contributed by atoms with E-state index in [1.807, 2.05) is 17.0 Å². The number of anilines is 1. The standard InChI is InChI=1S/C15H16ClN3O4S/c1-18(8-11-4-6-14(16)24-11)9-15(20)17-12-7-10(19(21)22)3-5-13(12)23-2/h3-7H,8-9H2,1-2H3,(H,17,20). The maximum atomic E-state index is 12.2. The van der Waals surface area contributed by atoms with E-state index >= 15 is 0 Å². The van der Waals surface area contributed by atoms with Crippen molar-refractivity contribution in [2.75, 3.05) is 26.0 Å². The van der Waals surface area contributed by atoms with E-state index in [0.29, 0.717) is 16.6 Å². The summed E-state index contributed by atoms with van der Waals surface area (Å²) in [5.74, 6) is 0.0700. The Morgan fingerprint density at radius 1 is 1.42 bits per heavy atom. The molecule has 9 heteroatoms. The zero-order valence-corrected chi connectivity index (χ0v) is 14.7. The maximum Gasteiger partial charge on any atom is 0.271 e. The summed E-state index contributed by atoms with van der Waals surface area (Å²) in [6.45, 7) is 0.707. The summed E-state index contributed by atoms with van der Waals surface area (Å²) in [6, 6.07) is 7.76. The summed E-state index contributed by atoms with van der Waals surface area (Å²) >= 11 is 7.34. The molecule has 0 bridgehead atoms. The quantitative estimate of drug-likeness (QED) is 0.597. The topological polar surface area (TPSA) is 84.7 Å². The number of hydrogen-bond donors (Lipinski definition) is 1.